The van der Waals surface area contributed by atoms with Crippen molar-refractivity contribution in [1.29, 1.82) is 0 Å². The van der Waals surface area contributed by atoms with Crippen LogP contribution in [0.1, 0.15) is 40.1 Å². The van der Waals surface area contributed by atoms with Gasteiger partial charge in [0.2, 0.25) is 0 Å². The molecule has 0 aliphatic rings. The monoisotopic (exact) mass is 379 g/mol. The molecule has 1 heterocycles. The van der Waals surface area contributed by atoms with Gasteiger partial charge in [0.1, 0.15) is 11.5 Å². The van der Waals surface area contributed by atoms with Crippen LogP contribution in [-0.4, -0.2) is 29.9 Å². The van der Waals surface area contributed by atoms with E-state index in [0.29, 0.717) is 17.1 Å². The standard InChI is InChI=1S/C22H25N3O3/c1-14-8-6-7-9-20(14)25-16(3)19(13-23-25)15(2)24-22(26)18-12-17(27-4)10-11-21(18)28-5/h6-13,15H,1-5H3,(H,24,26)/t15-/m0/s1. The zero-order valence-corrected chi connectivity index (χ0v) is 16.8. The van der Waals surface area contributed by atoms with Crippen molar-refractivity contribution in [2.75, 3.05) is 14.2 Å². The third kappa shape index (κ3) is 3.71. The van der Waals surface area contributed by atoms with Crippen LogP contribution in [0.3, 0.4) is 0 Å². The van der Waals surface area contributed by atoms with E-state index >= 15 is 0 Å². The summed E-state index contributed by atoms with van der Waals surface area (Å²) >= 11 is 0. The van der Waals surface area contributed by atoms with Crippen LogP contribution in [0.15, 0.2) is 48.7 Å². The van der Waals surface area contributed by atoms with Gasteiger partial charge >= 0.3 is 0 Å². The van der Waals surface area contributed by atoms with Crippen molar-refractivity contribution in [3.63, 3.8) is 0 Å². The van der Waals surface area contributed by atoms with Gasteiger partial charge in [0, 0.05) is 11.3 Å². The molecule has 0 fully saturated rings. The lowest BCUT2D eigenvalue weighted by atomic mass is 10.1. The molecule has 0 saturated heterocycles. The molecular formula is C22H25N3O3. The number of nitrogens with one attached hydrogen (secondary N) is 1. The third-order valence-corrected chi connectivity index (χ3v) is 4.86. The lowest BCUT2D eigenvalue weighted by Crippen LogP contribution is -2.27. The zero-order valence-electron chi connectivity index (χ0n) is 16.8. The van der Waals surface area contributed by atoms with Crippen molar-refractivity contribution in [3.8, 4) is 17.2 Å². The van der Waals surface area contributed by atoms with E-state index in [4.69, 9.17) is 9.47 Å². The number of rotatable bonds is 6. The fourth-order valence-electron chi connectivity index (χ4n) is 3.23. The van der Waals surface area contributed by atoms with E-state index in [0.717, 1.165) is 22.5 Å². The zero-order chi connectivity index (χ0) is 20.3. The van der Waals surface area contributed by atoms with Crippen molar-refractivity contribution in [3.05, 3.63) is 71.0 Å². The Hall–Kier alpha value is -3.28. The normalized spacial score (nSPS) is 11.8. The highest BCUT2D eigenvalue weighted by Gasteiger charge is 2.20. The Morgan fingerprint density at radius 2 is 1.86 bits per heavy atom. The summed E-state index contributed by atoms with van der Waals surface area (Å²) in [7, 11) is 3.10. The summed E-state index contributed by atoms with van der Waals surface area (Å²) in [6.45, 7) is 6.00. The molecule has 6 nitrogen and oxygen atoms in total. The number of para-hydroxylation sites is 1. The number of ether oxygens (including phenoxy) is 2. The Kier molecular flexibility index (Phi) is 5.68. The van der Waals surface area contributed by atoms with Crippen molar-refractivity contribution in [2.24, 2.45) is 0 Å². The van der Waals surface area contributed by atoms with Crippen LogP contribution in [0.2, 0.25) is 0 Å². The number of methoxy groups -OCH3 is 2. The van der Waals surface area contributed by atoms with Crippen molar-refractivity contribution in [2.45, 2.75) is 26.8 Å². The molecule has 0 aliphatic carbocycles. The van der Waals surface area contributed by atoms with E-state index in [1.807, 2.05) is 36.7 Å². The van der Waals surface area contributed by atoms with Crippen LogP contribution >= 0.6 is 0 Å². The summed E-state index contributed by atoms with van der Waals surface area (Å²) in [5.74, 6) is 0.867. The Bertz CT molecular complexity index is 994. The Morgan fingerprint density at radius 1 is 1.11 bits per heavy atom. The van der Waals surface area contributed by atoms with Gasteiger partial charge in [-0.05, 0) is 50.6 Å². The van der Waals surface area contributed by atoms with Crippen LogP contribution in [0.4, 0.5) is 0 Å². The predicted molar refractivity (Wildman–Crippen MR) is 108 cm³/mol. The highest BCUT2D eigenvalue weighted by atomic mass is 16.5. The minimum Gasteiger partial charge on any atom is -0.497 e. The molecule has 1 N–H and O–H groups in total. The van der Waals surface area contributed by atoms with Gasteiger partial charge in [-0.3, -0.25) is 4.79 Å². The molecule has 0 spiro atoms. The largest absolute Gasteiger partial charge is 0.497 e. The summed E-state index contributed by atoms with van der Waals surface area (Å²) in [5, 5.41) is 7.56. The summed E-state index contributed by atoms with van der Waals surface area (Å²) in [4.78, 5) is 12.8. The first-order valence-electron chi connectivity index (χ1n) is 9.09. The second-order valence-corrected chi connectivity index (χ2v) is 6.64. The maximum atomic E-state index is 12.8. The van der Waals surface area contributed by atoms with Crippen molar-refractivity contribution < 1.29 is 14.3 Å². The predicted octanol–water partition coefficient (Wildman–Crippen LogP) is 4.00. The smallest absolute Gasteiger partial charge is 0.255 e. The van der Waals surface area contributed by atoms with Crippen LogP contribution in [0, 0.1) is 13.8 Å². The van der Waals surface area contributed by atoms with E-state index in [-0.39, 0.29) is 11.9 Å². The van der Waals surface area contributed by atoms with Gasteiger partial charge < -0.3 is 14.8 Å². The van der Waals surface area contributed by atoms with Gasteiger partial charge in [-0.2, -0.15) is 5.10 Å². The minimum absolute atomic E-state index is 0.221. The van der Waals surface area contributed by atoms with Crippen LogP contribution in [0.25, 0.3) is 5.69 Å². The molecule has 28 heavy (non-hydrogen) atoms. The lowest BCUT2D eigenvalue weighted by Gasteiger charge is -2.16. The molecule has 146 valence electrons. The second kappa shape index (κ2) is 8.17. The van der Waals surface area contributed by atoms with Gasteiger partial charge in [-0.1, -0.05) is 18.2 Å². The SMILES string of the molecule is COc1ccc(OC)c(C(=O)N[C@@H](C)c2cnn(-c3ccccc3C)c2C)c1. The number of aryl methyl sites for hydroxylation is 1. The fourth-order valence-corrected chi connectivity index (χ4v) is 3.23. The maximum Gasteiger partial charge on any atom is 0.255 e. The minimum atomic E-state index is -0.230. The highest BCUT2D eigenvalue weighted by Crippen LogP contribution is 2.26. The molecule has 1 amide bonds. The first-order valence-corrected chi connectivity index (χ1v) is 9.09. The highest BCUT2D eigenvalue weighted by molar-refractivity contribution is 5.97. The molecule has 0 radical (unpaired) electrons. The molecule has 6 heteroatoms. The molecule has 0 aliphatic heterocycles. The quantitative estimate of drug-likeness (QED) is 0.703. The first-order chi connectivity index (χ1) is 13.5. The second-order valence-electron chi connectivity index (χ2n) is 6.64. The lowest BCUT2D eigenvalue weighted by molar-refractivity contribution is 0.0936. The summed E-state index contributed by atoms with van der Waals surface area (Å²) < 4.78 is 12.4. The Labute approximate surface area is 165 Å². The number of amides is 1. The molecule has 2 aromatic carbocycles. The average molecular weight is 379 g/mol. The Morgan fingerprint density at radius 3 is 2.54 bits per heavy atom. The van der Waals surface area contributed by atoms with E-state index in [1.165, 1.54) is 0 Å². The molecule has 1 atom stereocenters. The first kappa shape index (κ1) is 19.5. The van der Waals surface area contributed by atoms with Gasteiger partial charge in [0.25, 0.3) is 5.91 Å². The van der Waals surface area contributed by atoms with Gasteiger partial charge in [-0.25, -0.2) is 4.68 Å². The summed E-state index contributed by atoms with van der Waals surface area (Å²) in [6.07, 6.45) is 1.80. The van der Waals surface area contributed by atoms with E-state index < -0.39 is 0 Å². The topological polar surface area (TPSA) is 65.4 Å². The Balaban J connectivity index is 1.85. The molecule has 3 aromatic rings. The molecule has 1 aromatic heterocycles. The molecule has 0 saturated carbocycles. The molecular weight excluding hydrogens is 354 g/mol. The van der Waals surface area contributed by atoms with E-state index in [2.05, 4.69) is 23.4 Å². The van der Waals surface area contributed by atoms with Crippen molar-refractivity contribution in [1.82, 2.24) is 15.1 Å². The third-order valence-electron chi connectivity index (χ3n) is 4.86. The van der Waals surface area contributed by atoms with Crippen molar-refractivity contribution >= 4 is 5.91 Å². The van der Waals surface area contributed by atoms with Gasteiger partial charge in [0.05, 0.1) is 37.7 Å². The van der Waals surface area contributed by atoms with Gasteiger partial charge in [0.15, 0.2) is 0 Å². The number of hydrogen-bond donors (Lipinski definition) is 1. The van der Waals surface area contributed by atoms with Crippen LogP contribution in [-0.2, 0) is 0 Å². The molecule has 3 rings (SSSR count). The average Bonchev–Trinajstić information content (AvgIpc) is 3.09. The number of carbonyl (C=O) groups excluding carboxylic acids is 1. The maximum absolute atomic E-state index is 12.8. The summed E-state index contributed by atoms with van der Waals surface area (Å²) in [5.41, 5.74) is 4.54. The number of carbonyl (C=O) groups is 1. The number of aromatic nitrogens is 2. The van der Waals surface area contributed by atoms with Crippen LogP contribution in [0.5, 0.6) is 11.5 Å². The number of nitrogens with zero attached hydrogens (tertiary/aromatic N) is 2. The molecule has 0 unspecified atom stereocenters. The summed E-state index contributed by atoms with van der Waals surface area (Å²) in [6, 6.07) is 13.0. The van der Waals surface area contributed by atoms with E-state index in [1.54, 1.807) is 38.6 Å². The molecule has 0 bridgehead atoms. The number of hydrogen-bond acceptors (Lipinski definition) is 4. The fraction of sp³-hybridized carbons (Fsp3) is 0.273. The number of benzene rings is 2. The van der Waals surface area contributed by atoms with Gasteiger partial charge in [-0.15, -0.1) is 0 Å². The van der Waals surface area contributed by atoms with E-state index in [9.17, 15) is 4.79 Å². The van der Waals surface area contributed by atoms with Crippen LogP contribution < -0.4 is 14.8 Å².